The molecule has 6 nitrogen and oxygen atoms in total. The molecule has 108 valence electrons. The van der Waals surface area contributed by atoms with Gasteiger partial charge in [0.2, 0.25) is 0 Å². The second-order valence-corrected chi connectivity index (χ2v) is 4.76. The summed E-state index contributed by atoms with van der Waals surface area (Å²) in [4.78, 5) is 18.4. The second-order valence-electron chi connectivity index (χ2n) is 4.76. The van der Waals surface area contributed by atoms with Crippen molar-refractivity contribution in [2.24, 2.45) is 5.84 Å². The molecule has 6 heteroatoms. The SMILES string of the molecule is NNc1ccc(C(=O)N2CCOc3ccccc3C2)cn1. The van der Waals surface area contributed by atoms with Crippen LogP contribution < -0.4 is 16.0 Å². The van der Waals surface area contributed by atoms with Gasteiger partial charge in [0.1, 0.15) is 18.2 Å². The number of nitrogens with one attached hydrogen (secondary N) is 1. The molecule has 1 aromatic carbocycles. The van der Waals surface area contributed by atoms with Crippen molar-refractivity contribution in [2.45, 2.75) is 6.54 Å². The molecule has 3 rings (SSSR count). The maximum Gasteiger partial charge on any atom is 0.255 e. The monoisotopic (exact) mass is 284 g/mol. The van der Waals surface area contributed by atoms with E-state index in [1.54, 1.807) is 17.0 Å². The number of anilines is 1. The summed E-state index contributed by atoms with van der Waals surface area (Å²) >= 11 is 0. The highest BCUT2D eigenvalue weighted by Gasteiger charge is 2.20. The Morgan fingerprint density at radius 3 is 2.90 bits per heavy atom. The predicted molar refractivity (Wildman–Crippen MR) is 78.7 cm³/mol. The number of aromatic nitrogens is 1. The largest absolute Gasteiger partial charge is 0.491 e. The Hall–Kier alpha value is -2.60. The van der Waals surface area contributed by atoms with Crippen LogP contribution in [-0.2, 0) is 6.54 Å². The zero-order valence-corrected chi connectivity index (χ0v) is 11.5. The number of benzene rings is 1. The smallest absolute Gasteiger partial charge is 0.255 e. The van der Waals surface area contributed by atoms with Gasteiger partial charge >= 0.3 is 0 Å². The highest BCUT2D eigenvalue weighted by Crippen LogP contribution is 2.23. The number of nitrogens with two attached hydrogens (primary N) is 1. The maximum atomic E-state index is 12.5. The van der Waals surface area contributed by atoms with Gasteiger partial charge in [0.05, 0.1) is 12.1 Å². The minimum Gasteiger partial charge on any atom is -0.491 e. The van der Waals surface area contributed by atoms with Gasteiger partial charge in [0, 0.05) is 18.3 Å². The molecule has 3 N–H and O–H groups in total. The van der Waals surface area contributed by atoms with E-state index in [0.717, 1.165) is 11.3 Å². The summed E-state index contributed by atoms with van der Waals surface area (Å²) in [6.07, 6.45) is 1.52. The van der Waals surface area contributed by atoms with Crippen LogP contribution >= 0.6 is 0 Å². The van der Waals surface area contributed by atoms with Gasteiger partial charge in [-0.25, -0.2) is 10.8 Å². The van der Waals surface area contributed by atoms with Crippen molar-refractivity contribution in [2.75, 3.05) is 18.6 Å². The van der Waals surface area contributed by atoms with Crippen LogP contribution in [0.5, 0.6) is 5.75 Å². The van der Waals surface area contributed by atoms with Crippen LogP contribution in [0.25, 0.3) is 0 Å². The van der Waals surface area contributed by atoms with Crippen LogP contribution in [0.2, 0.25) is 0 Å². The van der Waals surface area contributed by atoms with E-state index in [1.165, 1.54) is 6.20 Å². The lowest BCUT2D eigenvalue weighted by Gasteiger charge is -2.19. The van der Waals surface area contributed by atoms with Crippen LogP contribution in [0.1, 0.15) is 15.9 Å². The molecule has 0 atom stereocenters. The average Bonchev–Trinajstić information content (AvgIpc) is 2.76. The van der Waals surface area contributed by atoms with Gasteiger partial charge in [-0.1, -0.05) is 18.2 Å². The molecular formula is C15H16N4O2. The summed E-state index contributed by atoms with van der Waals surface area (Å²) in [6.45, 7) is 1.56. The normalized spacial score (nSPS) is 13.9. The quantitative estimate of drug-likeness (QED) is 0.643. The van der Waals surface area contributed by atoms with Crippen molar-refractivity contribution in [3.63, 3.8) is 0 Å². The van der Waals surface area contributed by atoms with Crippen LogP contribution in [0.4, 0.5) is 5.82 Å². The van der Waals surface area contributed by atoms with Gasteiger partial charge in [-0.15, -0.1) is 0 Å². The number of nitrogens with zero attached hydrogens (tertiary/aromatic N) is 2. The van der Waals surface area contributed by atoms with Crippen molar-refractivity contribution < 1.29 is 9.53 Å². The number of para-hydroxylation sites is 1. The number of ether oxygens (including phenoxy) is 1. The Bertz CT molecular complexity index is 642. The Labute approximate surface area is 122 Å². The van der Waals surface area contributed by atoms with Gasteiger partial charge < -0.3 is 15.1 Å². The summed E-state index contributed by atoms with van der Waals surface area (Å²) in [6, 6.07) is 11.2. The Kier molecular flexibility index (Phi) is 3.70. The fraction of sp³-hybridized carbons (Fsp3) is 0.200. The van der Waals surface area contributed by atoms with Crippen molar-refractivity contribution in [3.8, 4) is 5.75 Å². The Morgan fingerprint density at radius 1 is 1.29 bits per heavy atom. The summed E-state index contributed by atoms with van der Waals surface area (Å²) < 4.78 is 5.67. The molecule has 0 saturated carbocycles. The molecule has 0 fully saturated rings. The highest BCUT2D eigenvalue weighted by molar-refractivity contribution is 5.94. The third-order valence-corrected chi connectivity index (χ3v) is 3.40. The summed E-state index contributed by atoms with van der Waals surface area (Å²) in [5, 5.41) is 0. The molecule has 21 heavy (non-hydrogen) atoms. The lowest BCUT2D eigenvalue weighted by Crippen LogP contribution is -2.32. The van der Waals surface area contributed by atoms with Gasteiger partial charge in [-0.3, -0.25) is 4.79 Å². The Balaban J connectivity index is 1.81. The number of rotatable bonds is 2. The number of carbonyl (C=O) groups is 1. The van der Waals surface area contributed by atoms with Gasteiger partial charge in [-0.2, -0.15) is 0 Å². The van der Waals surface area contributed by atoms with E-state index >= 15 is 0 Å². The topological polar surface area (TPSA) is 80.5 Å². The Morgan fingerprint density at radius 2 is 2.14 bits per heavy atom. The van der Waals surface area contributed by atoms with Crippen molar-refractivity contribution in [1.29, 1.82) is 0 Å². The van der Waals surface area contributed by atoms with E-state index in [9.17, 15) is 4.79 Å². The molecule has 1 amide bonds. The summed E-state index contributed by atoms with van der Waals surface area (Å²) in [7, 11) is 0. The van der Waals surface area contributed by atoms with Gasteiger partial charge in [-0.05, 0) is 18.2 Å². The maximum absolute atomic E-state index is 12.5. The molecular weight excluding hydrogens is 268 g/mol. The second kappa shape index (κ2) is 5.80. The average molecular weight is 284 g/mol. The first-order chi connectivity index (χ1) is 10.3. The zero-order valence-electron chi connectivity index (χ0n) is 11.5. The first-order valence-electron chi connectivity index (χ1n) is 6.70. The van der Waals surface area contributed by atoms with E-state index in [4.69, 9.17) is 10.6 Å². The number of carbonyl (C=O) groups excluding carboxylic acids is 1. The summed E-state index contributed by atoms with van der Waals surface area (Å²) in [5.74, 6) is 6.57. The number of hydrazine groups is 1. The third-order valence-electron chi connectivity index (χ3n) is 3.40. The molecule has 0 radical (unpaired) electrons. The van der Waals surface area contributed by atoms with E-state index in [2.05, 4.69) is 10.4 Å². The molecule has 2 heterocycles. The summed E-state index contributed by atoms with van der Waals surface area (Å²) in [5.41, 5.74) is 3.99. The number of fused-ring (bicyclic) bond motifs is 1. The number of nitrogen functional groups attached to an aromatic ring is 1. The molecule has 0 spiro atoms. The molecule has 0 saturated heterocycles. The minimum absolute atomic E-state index is 0.0635. The van der Waals surface area contributed by atoms with Gasteiger partial charge in [0.25, 0.3) is 5.91 Å². The standard InChI is InChI=1S/C15H16N4O2/c16-18-14-6-5-11(9-17-14)15(20)19-7-8-21-13-4-2-1-3-12(13)10-19/h1-6,9H,7-8,10,16H2,(H,17,18). The van der Waals surface area contributed by atoms with Crippen LogP contribution in [0, 0.1) is 0 Å². The lowest BCUT2D eigenvalue weighted by atomic mass is 10.1. The van der Waals surface area contributed by atoms with E-state index in [1.807, 2.05) is 24.3 Å². The van der Waals surface area contributed by atoms with Crippen molar-refractivity contribution >= 4 is 11.7 Å². The first-order valence-corrected chi connectivity index (χ1v) is 6.70. The van der Waals surface area contributed by atoms with Crippen molar-refractivity contribution in [1.82, 2.24) is 9.88 Å². The third kappa shape index (κ3) is 2.80. The van der Waals surface area contributed by atoms with Gasteiger partial charge in [0.15, 0.2) is 0 Å². The van der Waals surface area contributed by atoms with E-state index in [0.29, 0.717) is 31.1 Å². The number of amides is 1. The minimum atomic E-state index is -0.0635. The number of pyridine rings is 1. The molecule has 2 aromatic rings. The zero-order chi connectivity index (χ0) is 14.7. The number of hydrogen-bond acceptors (Lipinski definition) is 5. The fourth-order valence-electron chi connectivity index (χ4n) is 2.29. The predicted octanol–water partition coefficient (Wildman–Crippen LogP) is 1.40. The van der Waals surface area contributed by atoms with Crippen LogP contribution in [0.15, 0.2) is 42.6 Å². The van der Waals surface area contributed by atoms with Crippen molar-refractivity contribution in [3.05, 3.63) is 53.7 Å². The van der Waals surface area contributed by atoms with Crippen LogP contribution in [0.3, 0.4) is 0 Å². The molecule has 1 aliphatic heterocycles. The molecule has 0 bridgehead atoms. The molecule has 0 unspecified atom stereocenters. The van der Waals surface area contributed by atoms with E-state index < -0.39 is 0 Å². The highest BCUT2D eigenvalue weighted by atomic mass is 16.5. The fourth-order valence-corrected chi connectivity index (χ4v) is 2.29. The lowest BCUT2D eigenvalue weighted by molar-refractivity contribution is 0.0733. The molecule has 0 aliphatic carbocycles. The number of hydrogen-bond donors (Lipinski definition) is 2. The molecule has 1 aromatic heterocycles. The first kappa shape index (κ1) is 13.4. The molecule has 1 aliphatic rings. The van der Waals surface area contributed by atoms with Crippen LogP contribution in [-0.4, -0.2) is 28.9 Å². The van der Waals surface area contributed by atoms with E-state index in [-0.39, 0.29) is 5.91 Å².